The number of aryl methyl sites for hydroxylation is 4. The zero-order valence-electron chi connectivity index (χ0n) is 25.3. The molecule has 4 unspecified atom stereocenters. The maximum Gasteiger partial charge on any atom is 0.165 e. The molecule has 1 fully saturated rings. The second-order valence-electron chi connectivity index (χ2n) is 11.2. The molecule has 0 saturated carbocycles. The van der Waals surface area contributed by atoms with Gasteiger partial charge in [0.05, 0.1) is 12.6 Å². The van der Waals surface area contributed by atoms with Crippen molar-refractivity contribution in [3.63, 3.8) is 0 Å². The quantitative estimate of drug-likeness (QED) is 0.324. The van der Waals surface area contributed by atoms with Gasteiger partial charge >= 0.3 is 0 Å². The molecule has 0 radical (unpaired) electrons. The van der Waals surface area contributed by atoms with E-state index in [0.717, 1.165) is 35.7 Å². The van der Waals surface area contributed by atoms with Crippen LogP contribution in [0.25, 0.3) is 0 Å². The summed E-state index contributed by atoms with van der Waals surface area (Å²) in [5.41, 5.74) is 4.66. The highest BCUT2D eigenvalue weighted by Gasteiger charge is 2.44. The molecule has 0 aromatic heterocycles. The van der Waals surface area contributed by atoms with Crippen LogP contribution in [-0.4, -0.2) is 72.9 Å². The Morgan fingerprint density at radius 1 is 0.789 bits per heavy atom. The average Bonchev–Trinajstić information content (AvgIpc) is 2.85. The Morgan fingerprint density at radius 3 is 1.63 bits per heavy atom. The minimum absolute atomic E-state index is 0.0622. The van der Waals surface area contributed by atoms with Gasteiger partial charge in [-0.15, -0.1) is 0 Å². The van der Waals surface area contributed by atoms with Gasteiger partial charge in [-0.05, 0) is 90.7 Å². The molecule has 1 aliphatic heterocycles. The molecule has 6 heteroatoms. The normalized spacial score (nSPS) is 20.9. The molecular weight excluding hydrogens is 476 g/mol. The fourth-order valence-corrected chi connectivity index (χ4v) is 5.59. The van der Waals surface area contributed by atoms with E-state index in [0.29, 0.717) is 19.8 Å². The summed E-state index contributed by atoms with van der Waals surface area (Å²) in [5.74, 6) is 1.31. The van der Waals surface area contributed by atoms with Gasteiger partial charge in [0.2, 0.25) is 0 Å². The van der Waals surface area contributed by atoms with Gasteiger partial charge in [0, 0.05) is 12.1 Å². The van der Waals surface area contributed by atoms with Gasteiger partial charge in [-0.1, -0.05) is 50.2 Å². The third-order valence-electron chi connectivity index (χ3n) is 7.71. The Hall–Kier alpha value is -2.12. The molecule has 3 rings (SSSR count). The van der Waals surface area contributed by atoms with E-state index in [1.54, 1.807) is 0 Å². The minimum atomic E-state index is -0.654. The molecule has 1 heterocycles. The third kappa shape index (κ3) is 7.29. The second-order valence-corrected chi connectivity index (χ2v) is 11.2. The number of benzene rings is 2. The van der Waals surface area contributed by atoms with E-state index in [4.69, 9.17) is 18.9 Å². The van der Waals surface area contributed by atoms with Crippen LogP contribution in [0.2, 0.25) is 0 Å². The Labute approximate surface area is 231 Å². The Kier molecular flexibility index (Phi) is 10.6. The number of ether oxygens (including phenoxy) is 4. The smallest absolute Gasteiger partial charge is 0.165 e. The Balaban J connectivity index is 1.77. The first-order valence-electron chi connectivity index (χ1n) is 14.2. The first-order valence-corrected chi connectivity index (χ1v) is 14.2. The number of likely N-dealkylation sites (N-methyl/N-ethyl adjacent to an activating group) is 2. The van der Waals surface area contributed by atoms with Crippen molar-refractivity contribution in [2.75, 3.05) is 32.9 Å². The van der Waals surface area contributed by atoms with E-state index < -0.39 is 5.79 Å². The summed E-state index contributed by atoms with van der Waals surface area (Å²) >= 11 is 0. The highest BCUT2D eigenvalue weighted by molar-refractivity contribution is 5.40. The molecule has 1 saturated heterocycles. The Bertz CT molecular complexity index is 1000. The number of hydrogen-bond acceptors (Lipinski definition) is 6. The van der Waals surface area contributed by atoms with Gasteiger partial charge in [0.15, 0.2) is 5.79 Å². The van der Waals surface area contributed by atoms with Crippen LogP contribution >= 0.6 is 0 Å². The number of hydrogen-bond donors (Lipinski definition) is 0. The van der Waals surface area contributed by atoms with Crippen molar-refractivity contribution in [2.45, 2.75) is 99.4 Å². The summed E-state index contributed by atoms with van der Waals surface area (Å²) in [6.07, 6.45) is -0.136. The van der Waals surface area contributed by atoms with Crippen LogP contribution in [0, 0.1) is 27.7 Å². The topological polar surface area (TPSA) is 43.4 Å². The molecule has 1 aliphatic rings. The third-order valence-corrected chi connectivity index (χ3v) is 7.71. The van der Waals surface area contributed by atoms with Crippen molar-refractivity contribution in [2.24, 2.45) is 0 Å². The van der Waals surface area contributed by atoms with Gasteiger partial charge in [0.25, 0.3) is 0 Å². The van der Waals surface area contributed by atoms with Gasteiger partial charge in [-0.3, -0.25) is 9.80 Å². The summed E-state index contributed by atoms with van der Waals surface area (Å²) in [5, 5.41) is 0. The van der Waals surface area contributed by atoms with Crippen LogP contribution < -0.4 is 9.47 Å². The zero-order valence-corrected chi connectivity index (χ0v) is 25.3. The molecule has 0 N–H and O–H groups in total. The lowest BCUT2D eigenvalue weighted by atomic mass is 10.1. The fourth-order valence-electron chi connectivity index (χ4n) is 5.59. The van der Waals surface area contributed by atoms with Gasteiger partial charge in [0.1, 0.15) is 30.9 Å². The van der Waals surface area contributed by atoms with Gasteiger partial charge in [-0.2, -0.15) is 0 Å². The van der Waals surface area contributed by atoms with Crippen LogP contribution in [0.15, 0.2) is 36.4 Å². The van der Waals surface area contributed by atoms with Crippen molar-refractivity contribution < 1.29 is 18.9 Å². The second kappa shape index (κ2) is 13.3. The van der Waals surface area contributed by atoms with Crippen molar-refractivity contribution >= 4 is 0 Å². The fraction of sp³-hybridized carbons (Fsp3) is 0.625. The highest BCUT2D eigenvalue weighted by Crippen LogP contribution is 2.31. The van der Waals surface area contributed by atoms with Crippen LogP contribution in [0.4, 0.5) is 0 Å². The van der Waals surface area contributed by atoms with E-state index in [1.165, 1.54) is 11.1 Å². The molecule has 2 aromatic rings. The predicted molar refractivity (Wildman–Crippen MR) is 155 cm³/mol. The number of para-hydroxylation sites is 2. The maximum absolute atomic E-state index is 6.66. The van der Waals surface area contributed by atoms with E-state index >= 15 is 0 Å². The molecule has 212 valence electrons. The molecular formula is C32H50N2O4. The summed E-state index contributed by atoms with van der Waals surface area (Å²) in [6.45, 7) is 24.8. The van der Waals surface area contributed by atoms with E-state index in [1.807, 2.05) is 13.8 Å². The molecule has 38 heavy (non-hydrogen) atoms. The lowest BCUT2D eigenvalue weighted by molar-refractivity contribution is -0.328. The average molecular weight is 527 g/mol. The number of rotatable bonds is 12. The SMILES string of the molecule is CCN(C(C)COc1c(C)cccc1C)C1COC(C)(C)OC1N(CC)C(C)COc1c(C)cccc1C. The van der Waals surface area contributed by atoms with E-state index in [-0.39, 0.29) is 24.4 Å². The first-order chi connectivity index (χ1) is 18.0. The summed E-state index contributed by atoms with van der Waals surface area (Å²) in [4.78, 5) is 4.89. The Morgan fingerprint density at radius 2 is 1.21 bits per heavy atom. The summed E-state index contributed by atoms with van der Waals surface area (Å²) in [6, 6.07) is 13.0. The van der Waals surface area contributed by atoms with Crippen LogP contribution in [-0.2, 0) is 9.47 Å². The molecule has 0 aliphatic carbocycles. The monoisotopic (exact) mass is 526 g/mol. The molecule has 6 nitrogen and oxygen atoms in total. The van der Waals surface area contributed by atoms with Crippen molar-refractivity contribution in [1.82, 2.24) is 9.80 Å². The van der Waals surface area contributed by atoms with Crippen molar-refractivity contribution in [3.8, 4) is 11.5 Å². The molecule has 0 amide bonds. The van der Waals surface area contributed by atoms with Crippen LogP contribution in [0.5, 0.6) is 11.5 Å². The molecule has 2 aromatic carbocycles. The lowest BCUT2D eigenvalue weighted by Gasteiger charge is -2.51. The van der Waals surface area contributed by atoms with Crippen molar-refractivity contribution in [1.29, 1.82) is 0 Å². The van der Waals surface area contributed by atoms with Gasteiger partial charge in [-0.25, -0.2) is 0 Å². The maximum atomic E-state index is 6.66. The summed E-state index contributed by atoms with van der Waals surface area (Å²) < 4.78 is 25.6. The highest BCUT2D eigenvalue weighted by atomic mass is 16.7. The number of nitrogens with zero attached hydrogens (tertiary/aromatic N) is 2. The molecule has 0 bridgehead atoms. The van der Waals surface area contributed by atoms with Crippen molar-refractivity contribution in [3.05, 3.63) is 58.7 Å². The zero-order chi connectivity index (χ0) is 28.0. The minimum Gasteiger partial charge on any atom is -0.491 e. The van der Waals surface area contributed by atoms with Crippen LogP contribution in [0.1, 0.15) is 63.8 Å². The predicted octanol–water partition coefficient (Wildman–Crippen LogP) is 6.28. The van der Waals surface area contributed by atoms with E-state index in [9.17, 15) is 0 Å². The standard InChI is InChI=1S/C32H50N2O4/c1-11-33(26(7)19-35-29-22(3)15-13-16-23(29)4)28-21-37-32(9,10)38-31(28)34(12-2)27(8)20-36-30-24(5)17-14-18-25(30)6/h13-18,26-28,31H,11-12,19-21H2,1-10H3. The first kappa shape index (κ1) is 30.4. The van der Waals surface area contributed by atoms with E-state index in [2.05, 4.69) is 102 Å². The lowest BCUT2D eigenvalue weighted by Crippen LogP contribution is -2.65. The van der Waals surface area contributed by atoms with Gasteiger partial charge < -0.3 is 18.9 Å². The summed E-state index contributed by atoms with van der Waals surface area (Å²) in [7, 11) is 0. The largest absolute Gasteiger partial charge is 0.491 e. The molecule has 0 spiro atoms. The van der Waals surface area contributed by atoms with Crippen LogP contribution in [0.3, 0.4) is 0 Å². The molecule has 4 atom stereocenters.